The van der Waals surface area contributed by atoms with Gasteiger partial charge in [-0.2, -0.15) is 0 Å². The highest BCUT2D eigenvalue weighted by atomic mass is 19.1. The molecule has 22 heavy (non-hydrogen) atoms. The lowest BCUT2D eigenvalue weighted by Gasteiger charge is -2.07. The third-order valence-corrected chi connectivity index (χ3v) is 3.31. The van der Waals surface area contributed by atoms with Crippen molar-refractivity contribution in [1.29, 1.82) is 0 Å². The summed E-state index contributed by atoms with van der Waals surface area (Å²) >= 11 is 0. The van der Waals surface area contributed by atoms with Crippen LogP contribution >= 0.6 is 0 Å². The number of amides is 1. The van der Waals surface area contributed by atoms with Crippen LogP contribution in [-0.4, -0.2) is 11.7 Å². The zero-order valence-corrected chi connectivity index (χ0v) is 12.4. The van der Waals surface area contributed by atoms with Gasteiger partial charge < -0.3 is 5.32 Å². The van der Waals surface area contributed by atoms with E-state index in [1.165, 1.54) is 24.3 Å². The van der Waals surface area contributed by atoms with Crippen LogP contribution in [0.1, 0.15) is 46.9 Å². The number of Topliss-reactive ketones (excluding diaryl/α,β-unsaturated/α-hetero) is 1. The Labute approximate surface area is 129 Å². The van der Waals surface area contributed by atoms with Crippen molar-refractivity contribution in [1.82, 2.24) is 0 Å². The summed E-state index contributed by atoms with van der Waals surface area (Å²) in [6.45, 7) is 2.03. The number of halogens is 1. The Hall–Kier alpha value is -2.49. The van der Waals surface area contributed by atoms with E-state index >= 15 is 0 Å². The van der Waals surface area contributed by atoms with Gasteiger partial charge >= 0.3 is 0 Å². The molecular weight excluding hydrogens is 281 g/mol. The monoisotopic (exact) mass is 299 g/mol. The first-order chi connectivity index (χ1) is 10.6. The van der Waals surface area contributed by atoms with Gasteiger partial charge in [-0.15, -0.1) is 0 Å². The highest BCUT2D eigenvalue weighted by molar-refractivity contribution is 6.05. The minimum absolute atomic E-state index is 0.0692. The Morgan fingerprint density at radius 2 is 1.77 bits per heavy atom. The summed E-state index contributed by atoms with van der Waals surface area (Å²) in [5.41, 5.74) is 1.51. The molecule has 0 atom stereocenters. The summed E-state index contributed by atoms with van der Waals surface area (Å²) in [4.78, 5) is 24.1. The van der Waals surface area contributed by atoms with Gasteiger partial charge in [-0.05, 0) is 42.8 Å². The first kappa shape index (κ1) is 15.9. The third kappa shape index (κ3) is 4.25. The van der Waals surface area contributed by atoms with Crippen molar-refractivity contribution in [3.8, 4) is 0 Å². The molecule has 0 saturated heterocycles. The zero-order chi connectivity index (χ0) is 15.9. The van der Waals surface area contributed by atoms with Gasteiger partial charge in [0.25, 0.3) is 5.91 Å². The number of hydrogen-bond acceptors (Lipinski definition) is 2. The lowest BCUT2D eigenvalue weighted by atomic mass is 10.1. The molecule has 0 fully saturated rings. The molecule has 3 nitrogen and oxygen atoms in total. The van der Waals surface area contributed by atoms with E-state index in [2.05, 4.69) is 5.32 Å². The number of anilines is 1. The molecular formula is C18H18FNO2. The fourth-order valence-corrected chi connectivity index (χ4v) is 2.06. The lowest BCUT2D eigenvalue weighted by molar-refractivity contribution is 0.0977. The molecule has 0 saturated carbocycles. The topological polar surface area (TPSA) is 46.2 Å². The fraction of sp³-hybridized carbons (Fsp3) is 0.222. The first-order valence-corrected chi connectivity index (χ1v) is 7.30. The molecule has 0 spiro atoms. The van der Waals surface area contributed by atoms with E-state index < -0.39 is 0 Å². The van der Waals surface area contributed by atoms with Crippen molar-refractivity contribution in [2.24, 2.45) is 0 Å². The Bertz CT molecular complexity index is 665. The zero-order valence-electron chi connectivity index (χ0n) is 12.4. The number of benzene rings is 2. The summed E-state index contributed by atoms with van der Waals surface area (Å²) in [6, 6.07) is 12.2. The van der Waals surface area contributed by atoms with E-state index in [4.69, 9.17) is 0 Å². The number of unbranched alkanes of at least 4 members (excludes halogenated alkanes) is 1. The smallest absolute Gasteiger partial charge is 0.255 e. The minimum Gasteiger partial charge on any atom is -0.322 e. The highest BCUT2D eigenvalue weighted by Crippen LogP contribution is 2.15. The SMILES string of the molecule is CCCCC(=O)c1cccc(NC(=O)c2ccc(F)cc2)c1. The first-order valence-electron chi connectivity index (χ1n) is 7.30. The van der Waals surface area contributed by atoms with E-state index in [0.717, 1.165) is 12.8 Å². The Morgan fingerprint density at radius 3 is 2.45 bits per heavy atom. The second kappa shape index (κ2) is 7.50. The van der Waals surface area contributed by atoms with Crippen LogP contribution in [0.15, 0.2) is 48.5 Å². The quantitative estimate of drug-likeness (QED) is 0.801. The van der Waals surface area contributed by atoms with Crippen molar-refractivity contribution >= 4 is 17.4 Å². The van der Waals surface area contributed by atoms with Crippen LogP contribution in [0, 0.1) is 5.82 Å². The van der Waals surface area contributed by atoms with E-state index in [1.807, 2.05) is 6.92 Å². The second-order valence-corrected chi connectivity index (χ2v) is 5.07. The largest absolute Gasteiger partial charge is 0.322 e. The number of carbonyl (C=O) groups is 2. The molecule has 4 heteroatoms. The normalized spacial score (nSPS) is 10.3. The van der Waals surface area contributed by atoms with E-state index in [-0.39, 0.29) is 17.5 Å². The van der Waals surface area contributed by atoms with E-state index in [1.54, 1.807) is 24.3 Å². The van der Waals surface area contributed by atoms with Crippen molar-refractivity contribution in [2.45, 2.75) is 26.2 Å². The summed E-state index contributed by atoms with van der Waals surface area (Å²) in [7, 11) is 0. The molecule has 2 aromatic carbocycles. The summed E-state index contributed by atoms with van der Waals surface area (Å²) in [5, 5.41) is 2.72. The molecule has 0 aliphatic heterocycles. The number of nitrogens with one attached hydrogen (secondary N) is 1. The molecule has 0 aliphatic rings. The number of hydrogen-bond donors (Lipinski definition) is 1. The molecule has 2 rings (SSSR count). The van der Waals surface area contributed by atoms with Crippen LogP contribution in [0.25, 0.3) is 0 Å². The molecule has 0 unspecified atom stereocenters. The predicted molar refractivity (Wildman–Crippen MR) is 84.7 cm³/mol. The Morgan fingerprint density at radius 1 is 1.05 bits per heavy atom. The van der Waals surface area contributed by atoms with Gasteiger partial charge in [0.15, 0.2) is 5.78 Å². The second-order valence-electron chi connectivity index (χ2n) is 5.07. The standard InChI is InChI=1S/C18H18FNO2/c1-2-3-7-17(21)14-5-4-6-16(12-14)20-18(22)13-8-10-15(19)11-9-13/h4-6,8-12H,2-3,7H2,1H3,(H,20,22). The van der Waals surface area contributed by atoms with Crippen LogP contribution < -0.4 is 5.32 Å². The van der Waals surface area contributed by atoms with Crippen molar-refractivity contribution in [3.63, 3.8) is 0 Å². The molecule has 0 radical (unpaired) electrons. The average Bonchev–Trinajstić information content (AvgIpc) is 2.53. The van der Waals surface area contributed by atoms with Crippen molar-refractivity contribution in [3.05, 3.63) is 65.5 Å². The third-order valence-electron chi connectivity index (χ3n) is 3.31. The minimum atomic E-state index is -0.389. The molecule has 0 aliphatic carbocycles. The van der Waals surface area contributed by atoms with Gasteiger partial charge in [0.1, 0.15) is 5.82 Å². The maximum atomic E-state index is 12.9. The van der Waals surface area contributed by atoms with Gasteiger partial charge in [0, 0.05) is 23.2 Å². The molecule has 0 aromatic heterocycles. The van der Waals surface area contributed by atoms with Crippen LogP contribution in [0.4, 0.5) is 10.1 Å². The predicted octanol–water partition coefficient (Wildman–Crippen LogP) is 4.45. The maximum absolute atomic E-state index is 12.9. The number of rotatable bonds is 6. The molecule has 0 bridgehead atoms. The van der Waals surface area contributed by atoms with Gasteiger partial charge in [0.05, 0.1) is 0 Å². The van der Waals surface area contributed by atoms with Crippen LogP contribution in [0.2, 0.25) is 0 Å². The van der Waals surface area contributed by atoms with Gasteiger partial charge in [-0.3, -0.25) is 9.59 Å². The van der Waals surface area contributed by atoms with Crippen molar-refractivity contribution < 1.29 is 14.0 Å². The fourth-order valence-electron chi connectivity index (χ4n) is 2.06. The molecule has 2 aromatic rings. The maximum Gasteiger partial charge on any atom is 0.255 e. The van der Waals surface area contributed by atoms with Crippen LogP contribution in [0.5, 0.6) is 0 Å². The highest BCUT2D eigenvalue weighted by Gasteiger charge is 2.09. The number of carbonyl (C=O) groups excluding carboxylic acids is 2. The summed E-state index contributed by atoms with van der Waals surface area (Å²) < 4.78 is 12.9. The Kier molecular flexibility index (Phi) is 5.42. The van der Waals surface area contributed by atoms with E-state index in [0.29, 0.717) is 23.2 Å². The molecule has 1 amide bonds. The average molecular weight is 299 g/mol. The van der Waals surface area contributed by atoms with Gasteiger partial charge in [-0.1, -0.05) is 25.5 Å². The number of ketones is 1. The van der Waals surface area contributed by atoms with Crippen molar-refractivity contribution in [2.75, 3.05) is 5.32 Å². The lowest BCUT2D eigenvalue weighted by Crippen LogP contribution is -2.12. The molecule has 1 N–H and O–H groups in total. The Balaban J connectivity index is 2.08. The molecule has 114 valence electrons. The van der Waals surface area contributed by atoms with E-state index in [9.17, 15) is 14.0 Å². The summed E-state index contributed by atoms with van der Waals surface area (Å²) in [5.74, 6) is -0.655. The van der Waals surface area contributed by atoms with Gasteiger partial charge in [-0.25, -0.2) is 4.39 Å². The van der Waals surface area contributed by atoms with Gasteiger partial charge in [0.2, 0.25) is 0 Å². The molecule has 0 heterocycles. The summed E-state index contributed by atoms with van der Waals surface area (Å²) in [6.07, 6.45) is 2.32. The van der Waals surface area contributed by atoms with Crippen LogP contribution in [-0.2, 0) is 0 Å². The van der Waals surface area contributed by atoms with Crippen LogP contribution in [0.3, 0.4) is 0 Å².